The van der Waals surface area contributed by atoms with E-state index in [1.807, 2.05) is 12.1 Å². The number of hydrogen-bond acceptors (Lipinski definition) is 11. The number of fused-ring (bicyclic) bond motifs is 4. The van der Waals surface area contributed by atoms with E-state index >= 15 is 0 Å². The van der Waals surface area contributed by atoms with Crippen LogP contribution in [0.25, 0.3) is 55.2 Å². The monoisotopic (exact) mass is 762 g/mol. The van der Waals surface area contributed by atoms with Crippen molar-refractivity contribution in [3.8, 4) is 28.2 Å². The van der Waals surface area contributed by atoms with Crippen LogP contribution in [0.3, 0.4) is 0 Å². The molecule has 6 aromatic rings. The van der Waals surface area contributed by atoms with Crippen LogP contribution >= 0.6 is 0 Å². The number of carbonyl (C=O) groups is 3. The predicted molar refractivity (Wildman–Crippen MR) is 211 cm³/mol. The highest BCUT2D eigenvalue weighted by molar-refractivity contribution is 6.10. The fourth-order valence-electron chi connectivity index (χ4n) is 6.99. The maximum atomic E-state index is 13.8. The summed E-state index contributed by atoms with van der Waals surface area (Å²) in [5, 5.41) is 59.2. The van der Waals surface area contributed by atoms with Crippen molar-refractivity contribution in [1.82, 2.24) is 9.97 Å². The topological polar surface area (TPSA) is 232 Å². The fraction of sp³-hybridized carbons (Fsp3) is 0.0698. The van der Waals surface area contributed by atoms with Crippen molar-refractivity contribution in [3.63, 3.8) is 0 Å². The van der Waals surface area contributed by atoms with Crippen molar-refractivity contribution in [2.45, 2.75) is 19.7 Å². The molecule has 2 aromatic heterocycles. The maximum Gasteiger partial charge on any atom is 0.354 e. The van der Waals surface area contributed by atoms with E-state index in [-0.39, 0.29) is 75.9 Å². The Morgan fingerprint density at radius 3 is 2.02 bits per heavy atom. The van der Waals surface area contributed by atoms with Crippen LogP contribution in [0.4, 0.5) is 11.4 Å². The van der Waals surface area contributed by atoms with Gasteiger partial charge < -0.3 is 40.6 Å². The number of aliphatic hydroxyl groups excluding tert-OH is 1. The van der Waals surface area contributed by atoms with E-state index in [1.165, 1.54) is 48.5 Å². The first-order valence-corrected chi connectivity index (χ1v) is 17.5. The van der Waals surface area contributed by atoms with E-state index in [0.29, 0.717) is 44.4 Å². The number of phenols is 1. The number of aliphatic hydroxyl groups is 1. The Hall–Kier alpha value is -7.84. The second-order valence-electron chi connectivity index (χ2n) is 13.1. The number of aromatic nitrogens is 2. The van der Waals surface area contributed by atoms with Gasteiger partial charge in [0.15, 0.2) is 5.43 Å². The molecule has 3 heterocycles. The van der Waals surface area contributed by atoms with Gasteiger partial charge in [0.1, 0.15) is 22.8 Å². The van der Waals surface area contributed by atoms with Crippen LogP contribution in [0.15, 0.2) is 112 Å². The number of anilines is 2. The molecular weight excluding hydrogens is 732 g/mol. The number of carboxylic acids is 3. The zero-order valence-electron chi connectivity index (χ0n) is 29.6. The summed E-state index contributed by atoms with van der Waals surface area (Å²) in [6.07, 6.45) is 0. The molecule has 0 saturated heterocycles. The standard InChI is InChI=1S/C43H30N4O10/c48-20-24-10-7-21-3-1-5-31(37(21)46-24)44-18-29-34(49)15-12-26-36(28-17-23(41(51)52)8-11-25(28)42(53)54)27-13-16-35(50)30(40(27)57-39(26)29)19-45-32-6-2-4-22-9-14-33(43(55)56)47-38(22)32/h1-17,44-45,48,50H,18-20H2,(H,51,52)(H,53,54)(H,55,56). The number of aromatic hydroxyl groups is 1. The van der Waals surface area contributed by atoms with E-state index in [0.717, 1.165) is 5.39 Å². The second-order valence-corrected chi connectivity index (χ2v) is 13.1. The number of rotatable bonds is 11. The molecule has 7 N–H and O–H groups in total. The Labute approximate surface area is 321 Å². The summed E-state index contributed by atoms with van der Waals surface area (Å²) in [4.78, 5) is 59.2. The lowest BCUT2D eigenvalue weighted by atomic mass is 9.87. The van der Waals surface area contributed by atoms with Crippen LogP contribution < -0.4 is 16.1 Å². The Bertz CT molecular complexity index is 3000. The van der Waals surface area contributed by atoms with Gasteiger partial charge in [-0.2, -0.15) is 0 Å². The summed E-state index contributed by atoms with van der Waals surface area (Å²) >= 11 is 0. The van der Waals surface area contributed by atoms with Gasteiger partial charge in [-0.15, -0.1) is 0 Å². The van der Waals surface area contributed by atoms with Gasteiger partial charge >= 0.3 is 17.9 Å². The quantitative estimate of drug-likeness (QED) is 0.0647. The number of pyridine rings is 2. The van der Waals surface area contributed by atoms with Crippen molar-refractivity contribution < 1.29 is 44.3 Å². The van der Waals surface area contributed by atoms with Gasteiger partial charge in [-0.05, 0) is 72.3 Å². The molecule has 0 spiro atoms. The zero-order valence-corrected chi connectivity index (χ0v) is 29.6. The van der Waals surface area contributed by atoms with Crippen LogP contribution in [-0.4, -0.2) is 53.4 Å². The first-order valence-electron chi connectivity index (χ1n) is 17.5. The highest BCUT2D eigenvalue weighted by atomic mass is 16.4. The molecule has 14 nitrogen and oxygen atoms in total. The number of aromatic carboxylic acids is 3. The van der Waals surface area contributed by atoms with Gasteiger partial charge in [-0.3, -0.25) is 4.79 Å². The lowest BCUT2D eigenvalue weighted by Crippen LogP contribution is -2.15. The molecule has 1 aliphatic heterocycles. The molecule has 0 bridgehead atoms. The van der Waals surface area contributed by atoms with Crippen molar-refractivity contribution >= 4 is 62.1 Å². The normalized spacial score (nSPS) is 11.3. The minimum Gasteiger partial charge on any atom is -0.507 e. The van der Waals surface area contributed by atoms with E-state index in [1.54, 1.807) is 42.5 Å². The summed E-state index contributed by atoms with van der Waals surface area (Å²) in [7, 11) is 0. The lowest BCUT2D eigenvalue weighted by Gasteiger charge is -2.21. The highest BCUT2D eigenvalue weighted by Crippen LogP contribution is 2.45. The Morgan fingerprint density at radius 1 is 0.667 bits per heavy atom. The summed E-state index contributed by atoms with van der Waals surface area (Å²) < 4.78 is 6.60. The Morgan fingerprint density at radius 2 is 1.35 bits per heavy atom. The molecule has 0 saturated carbocycles. The minimum absolute atomic E-state index is 0.0320. The van der Waals surface area contributed by atoms with Gasteiger partial charge in [-0.1, -0.05) is 36.4 Å². The number of para-hydroxylation sites is 2. The molecule has 4 aromatic carbocycles. The molecule has 282 valence electrons. The SMILES string of the molecule is O=C(O)c1ccc(C(=O)O)c(-c2c3ccc(=O)c(CNc4cccc5ccc(CO)nc45)c-3oc3c(CNc4cccc5ccc(C(=O)O)nc45)c(O)ccc23)c1. The van der Waals surface area contributed by atoms with Gasteiger partial charge in [0.2, 0.25) is 0 Å². The molecule has 0 fully saturated rings. The third-order valence-corrected chi connectivity index (χ3v) is 9.75. The summed E-state index contributed by atoms with van der Waals surface area (Å²) in [5.74, 6) is -4.01. The Kier molecular flexibility index (Phi) is 9.15. The number of nitrogens with zero attached hydrogens (tertiary/aromatic N) is 2. The van der Waals surface area contributed by atoms with Crippen molar-refractivity contribution in [2.75, 3.05) is 10.6 Å². The number of benzene rings is 5. The third kappa shape index (κ3) is 6.55. The van der Waals surface area contributed by atoms with Crippen LogP contribution in [-0.2, 0) is 19.7 Å². The van der Waals surface area contributed by atoms with E-state index in [4.69, 9.17) is 4.42 Å². The fourth-order valence-corrected chi connectivity index (χ4v) is 6.99. The minimum atomic E-state index is -1.33. The summed E-state index contributed by atoms with van der Waals surface area (Å²) in [5.41, 5.74) is 2.31. The molecule has 0 amide bonds. The number of carboxylic acid groups (broad SMARTS) is 3. The summed E-state index contributed by atoms with van der Waals surface area (Å²) in [6.45, 7) is -0.495. The molecular formula is C43H30N4O10. The number of phenolic OH excluding ortho intramolecular Hbond substituents is 1. The average Bonchev–Trinajstić information content (AvgIpc) is 3.21. The van der Waals surface area contributed by atoms with Crippen molar-refractivity contribution in [2.24, 2.45) is 0 Å². The first-order chi connectivity index (χ1) is 27.5. The molecule has 57 heavy (non-hydrogen) atoms. The van der Waals surface area contributed by atoms with E-state index < -0.39 is 23.3 Å². The van der Waals surface area contributed by atoms with Gasteiger partial charge in [-0.25, -0.2) is 24.4 Å². The van der Waals surface area contributed by atoms with E-state index in [9.17, 15) is 44.7 Å². The van der Waals surface area contributed by atoms with Crippen LogP contribution in [0.2, 0.25) is 0 Å². The molecule has 0 radical (unpaired) electrons. The van der Waals surface area contributed by atoms with Gasteiger partial charge in [0, 0.05) is 40.4 Å². The molecule has 14 heteroatoms. The van der Waals surface area contributed by atoms with Crippen LogP contribution in [0.5, 0.6) is 5.75 Å². The number of nitrogens with one attached hydrogen (secondary N) is 2. The van der Waals surface area contributed by atoms with Crippen molar-refractivity contribution in [1.29, 1.82) is 0 Å². The Balaban J connectivity index is 1.35. The van der Waals surface area contributed by atoms with Crippen molar-refractivity contribution in [3.05, 3.63) is 147 Å². The lowest BCUT2D eigenvalue weighted by molar-refractivity contribution is 0.0682. The zero-order chi connectivity index (χ0) is 40.0. The highest BCUT2D eigenvalue weighted by Gasteiger charge is 2.27. The van der Waals surface area contributed by atoms with Crippen LogP contribution in [0.1, 0.15) is 48.0 Å². The smallest absolute Gasteiger partial charge is 0.354 e. The largest absolute Gasteiger partial charge is 0.507 e. The molecule has 0 unspecified atom stereocenters. The maximum absolute atomic E-state index is 13.8. The van der Waals surface area contributed by atoms with Gasteiger partial charge in [0.05, 0.1) is 57.0 Å². The molecule has 8 rings (SSSR count). The van der Waals surface area contributed by atoms with E-state index in [2.05, 4.69) is 20.6 Å². The summed E-state index contributed by atoms with van der Waals surface area (Å²) in [6, 6.07) is 26.5. The predicted octanol–water partition coefficient (Wildman–Crippen LogP) is 7.18. The first kappa shape index (κ1) is 36.2. The third-order valence-electron chi connectivity index (χ3n) is 9.75. The molecule has 0 atom stereocenters. The van der Waals surface area contributed by atoms with Crippen LogP contribution in [0, 0.1) is 0 Å². The molecule has 1 aliphatic carbocycles. The number of hydrogen-bond donors (Lipinski definition) is 7. The molecule has 2 aliphatic rings. The second kappa shape index (κ2) is 14.4. The average molecular weight is 763 g/mol. The van der Waals surface area contributed by atoms with Gasteiger partial charge in [0.25, 0.3) is 0 Å².